The topological polar surface area (TPSA) is 64.9 Å². The van der Waals surface area contributed by atoms with E-state index in [-0.39, 0.29) is 17.2 Å². The van der Waals surface area contributed by atoms with E-state index in [9.17, 15) is 9.90 Å². The molecule has 5 nitrogen and oxygen atoms in total. The second-order valence-corrected chi connectivity index (χ2v) is 3.32. The van der Waals surface area contributed by atoms with E-state index >= 15 is 0 Å². The van der Waals surface area contributed by atoms with Gasteiger partial charge < -0.3 is 15.3 Å². The molecule has 0 fully saturated rings. The third kappa shape index (κ3) is 2.04. The average Bonchev–Trinajstić information content (AvgIpc) is 2.56. The Morgan fingerprint density at radius 1 is 1.57 bits per heavy atom. The SMILES string of the molecule is C/C(O)=C(/C(=O)N(C)C)C1=NCCN1. The number of aliphatic hydroxyl groups excluding tert-OH is 1. The number of amidine groups is 1. The third-order valence-corrected chi connectivity index (χ3v) is 1.89. The minimum Gasteiger partial charge on any atom is -0.512 e. The van der Waals surface area contributed by atoms with Gasteiger partial charge in [0, 0.05) is 20.6 Å². The molecule has 0 unspecified atom stereocenters. The summed E-state index contributed by atoms with van der Waals surface area (Å²) in [6, 6.07) is 0. The zero-order valence-corrected chi connectivity index (χ0v) is 8.66. The molecule has 1 aliphatic heterocycles. The predicted octanol–water partition coefficient (Wildman–Crippen LogP) is -0.0917. The molecule has 0 radical (unpaired) electrons. The highest BCUT2D eigenvalue weighted by Gasteiger charge is 2.22. The molecule has 0 aliphatic carbocycles. The van der Waals surface area contributed by atoms with E-state index in [4.69, 9.17) is 0 Å². The fraction of sp³-hybridized carbons (Fsp3) is 0.556. The molecule has 0 aromatic heterocycles. The van der Waals surface area contributed by atoms with Crippen LogP contribution in [0, 0.1) is 0 Å². The molecule has 0 atom stereocenters. The lowest BCUT2D eigenvalue weighted by molar-refractivity contribution is -0.124. The highest BCUT2D eigenvalue weighted by atomic mass is 16.3. The Bertz CT molecular complexity index is 301. The molecule has 1 rings (SSSR count). The lowest BCUT2D eigenvalue weighted by Gasteiger charge is -2.14. The van der Waals surface area contributed by atoms with E-state index in [0.717, 1.165) is 0 Å². The number of allylic oxidation sites excluding steroid dienone is 1. The van der Waals surface area contributed by atoms with Crippen LogP contribution in [0.2, 0.25) is 0 Å². The van der Waals surface area contributed by atoms with E-state index in [2.05, 4.69) is 10.3 Å². The van der Waals surface area contributed by atoms with Gasteiger partial charge in [-0.1, -0.05) is 0 Å². The monoisotopic (exact) mass is 197 g/mol. The van der Waals surface area contributed by atoms with Gasteiger partial charge in [-0.3, -0.25) is 9.79 Å². The average molecular weight is 197 g/mol. The highest BCUT2D eigenvalue weighted by Crippen LogP contribution is 2.08. The molecular formula is C9H15N3O2. The summed E-state index contributed by atoms with van der Waals surface area (Å²) in [7, 11) is 3.28. The lowest BCUT2D eigenvalue weighted by Crippen LogP contribution is -2.33. The van der Waals surface area contributed by atoms with E-state index in [1.807, 2.05) is 0 Å². The number of carbonyl (C=O) groups is 1. The molecule has 0 bridgehead atoms. The van der Waals surface area contributed by atoms with E-state index in [1.165, 1.54) is 11.8 Å². The molecule has 14 heavy (non-hydrogen) atoms. The first-order valence-electron chi connectivity index (χ1n) is 4.44. The molecule has 2 N–H and O–H groups in total. The van der Waals surface area contributed by atoms with Crippen LogP contribution < -0.4 is 5.32 Å². The number of carbonyl (C=O) groups excluding carboxylic acids is 1. The van der Waals surface area contributed by atoms with Crippen molar-refractivity contribution in [2.75, 3.05) is 27.2 Å². The van der Waals surface area contributed by atoms with Crippen LogP contribution in [0.3, 0.4) is 0 Å². The lowest BCUT2D eigenvalue weighted by atomic mass is 10.2. The normalized spacial score (nSPS) is 16.9. The van der Waals surface area contributed by atoms with Crippen LogP contribution in [0.1, 0.15) is 6.92 Å². The van der Waals surface area contributed by atoms with Gasteiger partial charge in [-0.25, -0.2) is 0 Å². The highest BCUT2D eigenvalue weighted by molar-refractivity contribution is 6.21. The standard InChI is InChI=1S/C9H15N3O2/c1-6(13)7(9(14)12(2)3)8-10-4-5-11-8/h13H,4-5H2,1-3H3,(H,10,11)/b7-6-. The van der Waals surface area contributed by atoms with Crippen LogP contribution in [0.4, 0.5) is 0 Å². The smallest absolute Gasteiger partial charge is 0.260 e. The first-order chi connectivity index (χ1) is 6.54. The first-order valence-corrected chi connectivity index (χ1v) is 4.44. The van der Waals surface area contributed by atoms with Crippen molar-refractivity contribution in [3.8, 4) is 0 Å². The summed E-state index contributed by atoms with van der Waals surface area (Å²) in [6.45, 7) is 2.85. The Hall–Kier alpha value is -1.52. The molecule has 1 amide bonds. The second kappa shape index (κ2) is 4.13. The molecule has 1 heterocycles. The molecular weight excluding hydrogens is 182 g/mol. The molecule has 0 spiro atoms. The largest absolute Gasteiger partial charge is 0.512 e. The summed E-state index contributed by atoms with van der Waals surface area (Å²) in [6.07, 6.45) is 0. The zero-order valence-electron chi connectivity index (χ0n) is 8.66. The van der Waals surface area contributed by atoms with Crippen molar-refractivity contribution in [3.05, 3.63) is 11.3 Å². The Morgan fingerprint density at radius 2 is 2.21 bits per heavy atom. The van der Waals surface area contributed by atoms with Crippen LogP contribution in [0.15, 0.2) is 16.3 Å². The first kappa shape index (κ1) is 10.6. The Morgan fingerprint density at radius 3 is 2.57 bits per heavy atom. The maximum atomic E-state index is 11.7. The second-order valence-electron chi connectivity index (χ2n) is 3.32. The number of likely N-dealkylation sites (N-methyl/N-ethyl adjacent to an activating group) is 1. The minimum atomic E-state index is -0.238. The summed E-state index contributed by atoms with van der Waals surface area (Å²) in [5.74, 6) is 0.249. The zero-order chi connectivity index (χ0) is 10.7. The van der Waals surface area contributed by atoms with Gasteiger partial charge >= 0.3 is 0 Å². The summed E-state index contributed by atoms with van der Waals surface area (Å²) < 4.78 is 0. The van der Waals surface area contributed by atoms with Gasteiger partial charge in [-0.15, -0.1) is 0 Å². The van der Waals surface area contributed by atoms with Crippen molar-refractivity contribution in [2.45, 2.75) is 6.92 Å². The number of amides is 1. The number of rotatable bonds is 2. The van der Waals surface area contributed by atoms with Crippen LogP contribution >= 0.6 is 0 Å². The number of hydrogen-bond donors (Lipinski definition) is 2. The Kier molecular flexibility index (Phi) is 3.11. The summed E-state index contributed by atoms with van der Waals surface area (Å²) in [4.78, 5) is 17.2. The number of nitrogens with zero attached hydrogens (tertiary/aromatic N) is 2. The molecule has 5 heteroatoms. The predicted molar refractivity (Wildman–Crippen MR) is 54.3 cm³/mol. The summed E-state index contributed by atoms with van der Waals surface area (Å²) in [5.41, 5.74) is 0.257. The van der Waals surface area contributed by atoms with Gasteiger partial charge in [0.05, 0.1) is 6.54 Å². The van der Waals surface area contributed by atoms with Gasteiger partial charge in [-0.05, 0) is 6.92 Å². The Balaban J connectivity index is 2.97. The van der Waals surface area contributed by atoms with Crippen molar-refractivity contribution >= 4 is 11.7 Å². The van der Waals surface area contributed by atoms with E-state index in [1.54, 1.807) is 14.1 Å². The third-order valence-electron chi connectivity index (χ3n) is 1.89. The van der Waals surface area contributed by atoms with Crippen molar-refractivity contribution in [2.24, 2.45) is 4.99 Å². The number of nitrogens with one attached hydrogen (secondary N) is 1. The van der Waals surface area contributed by atoms with Gasteiger partial charge in [0.25, 0.3) is 5.91 Å². The van der Waals surface area contributed by atoms with Crippen LogP contribution in [-0.2, 0) is 4.79 Å². The van der Waals surface area contributed by atoms with Crippen LogP contribution in [0.5, 0.6) is 0 Å². The summed E-state index contributed by atoms with van der Waals surface area (Å²) >= 11 is 0. The van der Waals surface area contributed by atoms with Crippen LogP contribution in [0.25, 0.3) is 0 Å². The van der Waals surface area contributed by atoms with Crippen molar-refractivity contribution in [3.63, 3.8) is 0 Å². The molecule has 0 aromatic rings. The minimum absolute atomic E-state index is 0.00292. The molecule has 78 valence electrons. The van der Waals surface area contributed by atoms with Crippen molar-refractivity contribution in [1.29, 1.82) is 0 Å². The van der Waals surface area contributed by atoms with Gasteiger partial charge in [0.15, 0.2) is 0 Å². The van der Waals surface area contributed by atoms with Crippen molar-refractivity contribution in [1.82, 2.24) is 10.2 Å². The molecule has 0 aromatic carbocycles. The quantitative estimate of drug-likeness (QED) is 0.480. The van der Waals surface area contributed by atoms with Crippen molar-refractivity contribution < 1.29 is 9.90 Å². The fourth-order valence-corrected chi connectivity index (χ4v) is 1.22. The number of aliphatic imine (C=N–C) groups is 1. The molecule has 0 saturated carbocycles. The van der Waals surface area contributed by atoms with Gasteiger partial charge in [0.1, 0.15) is 17.2 Å². The maximum absolute atomic E-state index is 11.7. The van der Waals surface area contributed by atoms with Crippen LogP contribution in [-0.4, -0.2) is 48.9 Å². The van der Waals surface area contributed by atoms with E-state index in [0.29, 0.717) is 18.9 Å². The number of aliphatic hydroxyl groups is 1. The molecule has 1 aliphatic rings. The van der Waals surface area contributed by atoms with Gasteiger partial charge in [0.2, 0.25) is 0 Å². The van der Waals surface area contributed by atoms with E-state index < -0.39 is 0 Å². The molecule has 0 saturated heterocycles. The fourth-order valence-electron chi connectivity index (χ4n) is 1.22. The maximum Gasteiger partial charge on any atom is 0.260 e. The summed E-state index contributed by atoms with van der Waals surface area (Å²) in [5, 5.41) is 12.4. The number of hydrogen-bond acceptors (Lipinski definition) is 4. The van der Waals surface area contributed by atoms with Gasteiger partial charge in [-0.2, -0.15) is 0 Å². The Labute approximate surface area is 83.1 Å².